The highest BCUT2D eigenvalue weighted by Crippen LogP contribution is 2.39. The van der Waals surface area contributed by atoms with E-state index in [1.54, 1.807) is 0 Å². The molecule has 9 nitrogen and oxygen atoms in total. The number of carbonyl (C=O) groups excluding carboxylic acids is 1. The molecule has 0 spiro atoms. The number of pyridine rings is 1. The van der Waals surface area contributed by atoms with Crippen LogP contribution in [0.4, 0.5) is 23.7 Å². The van der Waals surface area contributed by atoms with E-state index < -0.39 is 40.0 Å². The van der Waals surface area contributed by atoms with Crippen molar-refractivity contribution in [2.24, 2.45) is 9.50 Å². The summed E-state index contributed by atoms with van der Waals surface area (Å²) < 4.78 is 56.1. The second kappa shape index (κ2) is 8.09. The van der Waals surface area contributed by atoms with Gasteiger partial charge < -0.3 is 15.5 Å². The second-order valence-corrected chi connectivity index (χ2v) is 10.3. The van der Waals surface area contributed by atoms with Crippen molar-refractivity contribution in [3.8, 4) is 0 Å². The molecule has 0 saturated heterocycles. The van der Waals surface area contributed by atoms with Crippen LogP contribution in [0.1, 0.15) is 40.9 Å². The van der Waals surface area contributed by atoms with E-state index in [1.165, 1.54) is 13.8 Å². The summed E-state index contributed by atoms with van der Waals surface area (Å²) in [7, 11) is -3.80. The molecule has 2 heterocycles. The molecule has 0 saturated carbocycles. The maximum absolute atomic E-state index is 13.3. The number of nitrogens with zero attached hydrogens (tertiary/aromatic N) is 3. The SMILES string of the molecule is Cc1c(C(F)(F)F)nc2c(c1NC(=O)N=[S@@](N)(=O)c1cnc(C(C)(O)CO)s1)CCC2. The van der Waals surface area contributed by atoms with Gasteiger partial charge >= 0.3 is 12.2 Å². The van der Waals surface area contributed by atoms with Crippen LogP contribution in [0.15, 0.2) is 14.8 Å². The summed E-state index contributed by atoms with van der Waals surface area (Å²) in [6.45, 7) is 1.82. The molecule has 170 valence electrons. The first-order chi connectivity index (χ1) is 14.3. The molecule has 0 fully saturated rings. The van der Waals surface area contributed by atoms with Crippen LogP contribution in [0.25, 0.3) is 0 Å². The Morgan fingerprint density at radius 1 is 1.42 bits per heavy atom. The van der Waals surface area contributed by atoms with Crippen molar-refractivity contribution in [2.75, 3.05) is 11.9 Å². The van der Waals surface area contributed by atoms with Gasteiger partial charge in [0.25, 0.3) is 0 Å². The Bertz CT molecular complexity index is 1150. The number of aromatic nitrogens is 2. The Hall–Kier alpha value is -2.13. The maximum atomic E-state index is 13.3. The molecule has 0 radical (unpaired) electrons. The number of nitrogens with two attached hydrogens (primary N) is 1. The smallest absolute Gasteiger partial charge is 0.393 e. The lowest BCUT2D eigenvalue weighted by molar-refractivity contribution is -0.141. The number of amides is 2. The van der Waals surface area contributed by atoms with Crippen molar-refractivity contribution in [1.82, 2.24) is 9.97 Å². The van der Waals surface area contributed by atoms with E-state index >= 15 is 0 Å². The lowest BCUT2D eigenvalue weighted by Gasteiger charge is -2.17. The topological polar surface area (TPSA) is 151 Å². The first-order valence-corrected chi connectivity index (χ1v) is 11.4. The third-order valence-electron chi connectivity index (χ3n) is 4.73. The Morgan fingerprint density at radius 2 is 2.10 bits per heavy atom. The third-order valence-corrected chi connectivity index (χ3v) is 7.86. The predicted octanol–water partition coefficient (Wildman–Crippen LogP) is 2.49. The number of hydrogen-bond acceptors (Lipinski definition) is 7. The highest BCUT2D eigenvalue weighted by molar-refractivity contribution is 7.93. The van der Waals surface area contributed by atoms with Crippen LogP contribution in [0, 0.1) is 6.92 Å². The van der Waals surface area contributed by atoms with Crippen molar-refractivity contribution in [3.63, 3.8) is 0 Å². The van der Waals surface area contributed by atoms with Gasteiger partial charge in [0, 0.05) is 11.3 Å². The van der Waals surface area contributed by atoms with Gasteiger partial charge in [-0.1, -0.05) is 0 Å². The highest BCUT2D eigenvalue weighted by atomic mass is 32.2. The average Bonchev–Trinajstić information content (AvgIpc) is 3.32. The van der Waals surface area contributed by atoms with Crippen LogP contribution in [-0.2, 0) is 34.5 Å². The van der Waals surface area contributed by atoms with Crippen molar-refractivity contribution in [2.45, 2.75) is 49.1 Å². The van der Waals surface area contributed by atoms with Crippen molar-refractivity contribution < 1.29 is 32.4 Å². The van der Waals surface area contributed by atoms with Crippen molar-refractivity contribution in [1.29, 1.82) is 0 Å². The molecule has 0 aliphatic heterocycles. The summed E-state index contributed by atoms with van der Waals surface area (Å²) >= 11 is 0.695. The van der Waals surface area contributed by atoms with Gasteiger partial charge in [-0.25, -0.2) is 24.1 Å². The predicted molar refractivity (Wildman–Crippen MR) is 107 cm³/mol. The van der Waals surface area contributed by atoms with E-state index in [2.05, 4.69) is 19.6 Å². The average molecular weight is 480 g/mol. The molecular formula is C17H20F3N5O4S2. The second-order valence-electron chi connectivity index (χ2n) is 7.24. The number of halogens is 3. The van der Waals surface area contributed by atoms with Crippen LogP contribution >= 0.6 is 11.3 Å². The number of alkyl halides is 3. The first-order valence-electron chi connectivity index (χ1n) is 9.01. The minimum absolute atomic E-state index is 0.0106. The van der Waals surface area contributed by atoms with Crippen molar-refractivity contribution in [3.05, 3.63) is 33.7 Å². The molecule has 1 aliphatic rings. The number of aryl methyl sites for hydroxylation is 1. The Labute approximate surface area is 179 Å². The number of carbonyl (C=O) groups is 1. The van der Waals surface area contributed by atoms with E-state index in [4.69, 9.17) is 5.14 Å². The molecule has 2 aromatic rings. The number of aliphatic hydroxyl groups is 2. The number of aliphatic hydroxyl groups excluding tert-OH is 1. The molecule has 1 unspecified atom stereocenters. The van der Waals surface area contributed by atoms with Crippen LogP contribution in [0.3, 0.4) is 0 Å². The van der Waals surface area contributed by atoms with Gasteiger partial charge in [-0.15, -0.1) is 15.7 Å². The zero-order valence-electron chi connectivity index (χ0n) is 16.5. The van der Waals surface area contributed by atoms with Gasteiger partial charge in [0.2, 0.25) is 0 Å². The number of hydrogen-bond donors (Lipinski definition) is 4. The van der Waals surface area contributed by atoms with Gasteiger partial charge in [0.15, 0.2) is 9.92 Å². The first kappa shape index (κ1) is 23.5. The Balaban J connectivity index is 1.96. The molecule has 3 rings (SSSR count). The van der Waals surface area contributed by atoms with Crippen LogP contribution in [-0.4, -0.2) is 37.0 Å². The molecule has 2 atom stereocenters. The van der Waals surface area contributed by atoms with E-state index in [0.29, 0.717) is 36.2 Å². The number of thiazole rings is 1. The molecule has 14 heteroatoms. The molecule has 2 aromatic heterocycles. The van der Waals surface area contributed by atoms with E-state index in [-0.39, 0.29) is 26.2 Å². The molecule has 31 heavy (non-hydrogen) atoms. The van der Waals surface area contributed by atoms with Crippen LogP contribution in [0.2, 0.25) is 0 Å². The van der Waals surface area contributed by atoms with Gasteiger partial charge in [0.1, 0.15) is 20.5 Å². The molecule has 1 aliphatic carbocycles. The largest absolute Gasteiger partial charge is 0.433 e. The zero-order valence-corrected chi connectivity index (χ0v) is 18.1. The van der Waals surface area contributed by atoms with Gasteiger partial charge in [-0.05, 0) is 38.7 Å². The summed E-state index contributed by atoms with van der Waals surface area (Å²) in [6.07, 6.45) is -2.28. The maximum Gasteiger partial charge on any atom is 0.433 e. The van der Waals surface area contributed by atoms with Crippen LogP contribution in [0.5, 0.6) is 0 Å². The number of anilines is 1. The zero-order chi connectivity index (χ0) is 23.2. The van der Waals surface area contributed by atoms with E-state index in [9.17, 15) is 32.4 Å². The fourth-order valence-corrected chi connectivity index (χ4v) is 5.24. The number of urea groups is 1. The number of fused-ring (bicyclic) bond motifs is 1. The lowest BCUT2D eigenvalue weighted by atomic mass is 10.1. The highest BCUT2D eigenvalue weighted by Gasteiger charge is 2.38. The third kappa shape index (κ3) is 4.72. The minimum Gasteiger partial charge on any atom is -0.393 e. The van der Waals surface area contributed by atoms with E-state index in [1.807, 2.05) is 0 Å². The van der Waals surface area contributed by atoms with Gasteiger partial charge in [-0.3, -0.25) is 0 Å². The lowest BCUT2D eigenvalue weighted by Crippen LogP contribution is -2.25. The summed E-state index contributed by atoms with van der Waals surface area (Å²) in [4.78, 5) is 20.0. The van der Waals surface area contributed by atoms with Gasteiger partial charge in [0.05, 0.1) is 18.5 Å². The van der Waals surface area contributed by atoms with Crippen molar-refractivity contribution >= 4 is 33.0 Å². The monoisotopic (exact) mass is 479 g/mol. The summed E-state index contributed by atoms with van der Waals surface area (Å²) in [5, 5.41) is 27.2. The molecular weight excluding hydrogens is 459 g/mol. The standard InChI is InChI=1S/C17H20F3N5O4S2/c1-8-12(9-4-3-5-10(9)23-13(8)17(18,19)20)24-15(27)25-31(21,29)11-6-22-14(30-11)16(2,28)7-26/h6,26,28H,3-5,7H2,1-2H3,(H3,21,23,24,25,27,29)/t16?,31-/m1/s1. The van der Waals surface area contributed by atoms with Crippen LogP contribution < -0.4 is 10.5 Å². The molecule has 2 amide bonds. The molecule has 5 N–H and O–H groups in total. The minimum atomic E-state index is -4.71. The van der Waals surface area contributed by atoms with Gasteiger partial charge in [-0.2, -0.15) is 13.2 Å². The fourth-order valence-electron chi connectivity index (χ4n) is 3.14. The van der Waals surface area contributed by atoms with E-state index in [0.717, 1.165) is 6.20 Å². The molecule has 0 bridgehead atoms. The quantitative estimate of drug-likeness (QED) is 0.529. The number of rotatable bonds is 4. The summed E-state index contributed by atoms with van der Waals surface area (Å²) in [6, 6.07) is -1.19. The summed E-state index contributed by atoms with van der Waals surface area (Å²) in [5.74, 6) is 0. The normalized spacial score (nSPS) is 17.5. The number of nitrogens with one attached hydrogen (secondary N) is 1. The molecule has 0 aromatic carbocycles. The Morgan fingerprint density at radius 3 is 2.71 bits per heavy atom. The fraction of sp³-hybridized carbons (Fsp3) is 0.471. The Kier molecular flexibility index (Phi) is 6.14. The summed E-state index contributed by atoms with van der Waals surface area (Å²) in [5.41, 5.74) is -2.40.